The maximum absolute atomic E-state index is 12.9. The molecule has 182 valence electrons. The van der Waals surface area contributed by atoms with Crippen molar-refractivity contribution in [3.05, 3.63) is 57.6 Å². The van der Waals surface area contributed by atoms with Crippen LogP contribution in [0.5, 0.6) is 0 Å². The molecule has 0 bridgehead atoms. The van der Waals surface area contributed by atoms with Gasteiger partial charge >= 0.3 is 11.9 Å². The molecule has 34 heavy (non-hydrogen) atoms. The molecule has 0 spiro atoms. The van der Waals surface area contributed by atoms with E-state index in [9.17, 15) is 28.1 Å². The Hall–Kier alpha value is -3.71. The Morgan fingerprint density at radius 3 is 2.29 bits per heavy atom. The van der Waals surface area contributed by atoms with Crippen LogP contribution in [0, 0.1) is 10.1 Å². The molecule has 0 radical (unpaired) electrons. The lowest BCUT2D eigenvalue weighted by molar-refractivity contribution is -0.384. The first-order valence-electron chi connectivity index (χ1n) is 10.1. The van der Waals surface area contributed by atoms with Crippen molar-refractivity contribution in [2.24, 2.45) is 0 Å². The van der Waals surface area contributed by atoms with Gasteiger partial charge in [-0.2, -0.15) is 0 Å². The predicted molar refractivity (Wildman–Crippen MR) is 120 cm³/mol. The van der Waals surface area contributed by atoms with Gasteiger partial charge in [0, 0.05) is 19.2 Å². The highest BCUT2D eigenvalue weighted by Crippen LogP contribution is 2.29. The number of nitro groups is 1. The SMILES string of the molecule is COC(=O)c1cc(NS(=O)(=O)c2ccc(NC[C@H]3CCCO3)c([N+](=O)[O-])c2)cc(C(=O)OC)c1. The van der Waals surface area contributed by atoms with Gasteiger partial charge in [-0.3, -0.25) is 14.8 Å². The highest BCUT2D eigenvalue weighted by atomic mass is 32.2. The normalized spacial score (nSPS) is 15.4. The van der Waals surface area contributed by atoms with Gasteiger partial charge in [-0.05, 0) is 43.2 Å². The molecule has 1 atom stereocenters. The molecule has 0 aromatic heterocycles. The Bertz CT molecular complexity index is 1170. The fraction of sp³-hybridized carbons (Fsp3) is 0.333. The van der Waals surface area contributed by atoms with Gasteiger partial charge in [0.25, 0.3) is 15.7 Å². The van der Waals surface area contributed by atoms with E-state index in [1.807, 2.05) is 0 Å². The van der Waals surface area contributed by atoms with Crippen molar-refractivity contribution in [3.8, 4) is 0 Å². The molecule has 1 aliphatic heterocycles. The van der Waals surface area contributed by atoms with Gasteiger partial charge in [-0.1, -0.05) is 0 Å². The minimum atomic E-state index is -4.33. The van der Waals surface area contributed by atoms with E-state index in [4.69, 9.17) is 4.74 Å². The van der Waals surface area contributed by atoms with Crippen LogP contribution in [0.3, 0.4) is 0 Å². The van der Waals surface area contributed by atoms with Crippen LogP contribution in [0.4, 0.5) is 17.1 Å². The third kappa shape index (κ3) is 5.80. The third-order valence-electron chi connectivity index (χ3n) is 5.05. The minimum absolute atomic E-state index is 0.0734. The molecule has 12 nitrogen and oxygen atoms in total. The van der Waals surface area contributed by atoms with E-state index in [1.54, 1.807) is 0 Å². The number of rotatable bonds is 9. The van der Waals surface area contributed by atoms with Crippen LogP contribution >= 0.6 is 0 Å². The predicted octanol–water partition coefficient (Wildman–Crippen LogP) is 2.56. The number of anilines is 2. The lowest BCUT2D eigenvalue weighted by Gasteiger charge is -2.14. The van der Waals surface area contributed by atoms with Gasteiger partial charge in [0.1, 0.15) is 5.69 Å². The van der Waals surface area contributed by atoms with Crippen LogP contribution in [0.1, 0.15) is 33.6 Å². The van der Waals surface area contributed by atoms with E-state index >= 15 is 0 Å². The summed E-state index contributed by atoms with van der Waals surface area (Å²) in [7, 11) is -2.07. The largest absolute Gasteiger partial charge is 0.465 e. The Morgan fingerprint density at radius 2 is 1.76 bits per heavy atom. The van der Waals surface area contributed by atoms with Crippen LogP contribution in [-0.4, -0.2) is 58.8 Å². The number of carbonyl (C=O) groups excluding carboxylic acids is 2. The van der Waals surface area contributed by atoms with E-state index in [1.165, 1.54) is 30.3 Å². The molecule has 3 rings (SSSR count). The summed E-state index contributed by atoms with van der Waals surface area (Å²) >= 11 is 0. The number of sulfonamides is 1. The second-order valence-corrected chi connectivity index (χ2v) is 9.02. The first kappa shape index (κ1) is 24.9. The zero-order chi connectivity index (χ0) is 24.9. The Labute approximate surface area is 195 Å². The summed E-state index contributed by atoms with van der Waals surface area (Å²) in [5, 5.41) is 14.5. The monoisotopic (exact) mass is 493 g/mol. The second kappa shape index (κ2) is 10.5. The van der Waals surface area contributed by atoms with E-state index in [2.05, 4.69) is 19.5 Å². The summed E-state index contributed by atoms with van der Waals surface area (Å²) < 4.78 is 42.9. The summed E-state index contributed by atoms with van der Waals surface area (Å²) in [4.78, 5) is 34.4. The zero-order valence-corrected chi connectivity index (χ0v) is 19.2. The Morgan fingerprint density at radius 1 is 1.12 bits per heavy atom. The number of nitrogens with zero attached hydrogens (tertiary/aromatic N) is 1. The first-order valence-corrected chi connectivity index (χ1v) is 11.6. The molecular weight excluding hydrogens is 470 g/mol. The van der Waals surface area contributed by atoms with Gasteiger partial charge in [0.2, 0.25) is 0 Å². The maximum atomic E-state index is 12.9. The fourth-order valence-electron chi connectivity index (χ4n) is 3.38. The summed E-state index contributed by atoms with van der Waals surface area (Å²) in [6.07, 6.45) is 1.66. The number of ether oxygens (including phenoxy) is 3. The van der Waals surface area contributed by atoms with Crippen LogP contribution in [0.2, 0.25) is 0 Å². The number of esters is 2. The molecule has 1 heterocycles. The molecule has 1 fully saturated rings. The number of nitrogens with one attached hydrogen (secondary N) is 2. The van der Waals surface area contributed by atoms with Gasteiger partial charge in [0.15, 0.2) is 0 Å². The van der Waals surface area contributed by atoms with Crippen molar-refractivity contribution in [2.75, 3.05) is 37.4 Å². The lowest BCUT2D eigenvalue weighted by atomic mass is 10.1. The molecule has 0 aliphatic carbocycles. The number of methoxy groups -OCH3 is 2. The third-order valence-corrected chi connectivity index (χ3v) is 6.43. The van der Waals surface area contributed by atoms with Crippen molar-refractivity contribution < 1.29 is 37.1 Å². The van der Waals surface area contributed by atoms with Crippen LogP contribution in [0.15, 0.2) is 41.3 Å². The summed E-state index contributed by atoms with van der Waals surface area (Å²) in [6, 6.07) is 6.95. The average molecular weight is 493 g/mol. The molecular formula is C21H23N3O9S. The lowest BCUT2D eigenvalue weighted by Crippen LogP contribution is -2.19. The van der Waals surface area contributed by atoms with Gasteiger partial charge in [0.05, 0.1) is 47.0 Å². The molecule has 0 saturated carbocycles. The van der Waals surface area contributed by atoms with Crippen molar-refractivity contribution >= 4 is 39.0 Å². The molecule has 2 N–H and O–H groups in total. The molecule has 1 saturated heterocycles. The van der Waals surface area contributed by atoms with Crippen LogP contribution < -0.4 is 10.0 Å². The maximum Gasteiger partial charge on any atom is 0.337 e. The van der Waals surface area contributed by atoms with Gasteiger partial charge < -0.3 is 19.5 Å². The van der Waals surface area contributed by atoms with Crippen molar-refractivity contribution in [2.45, 2.75) is 23.8 Å². The highest BCUT2D eigenvalue weighted by molar-refractivity contribution is 7.92. The molecule has 2 aromatic rings. The summed E-state index contributed by atoms with van der Waals surface area (Å²) in [5.74, 6) is -1.60. The molecule has 0 amide bonds. The number of hydrogen-bond acceptors (Lipinski definition) is 10. The fourth-order valence-corrected chi connectivity index (χ4v) is 4.44. The smallest absolute Gasteiger partial charge is 0.337 e. The Balaban J connectivity index is 1.90. The average Bonchev–Trinajstić information content (AvgIpc) is 3.34. The van der Waals surface area contributed by atoms with E-state index in [-0.39, 0.29) is 33.5 Å². The quantitative estimate of drug-likeness (QED) is 0.301. The standard InChI is InChI=1S/C21H23N3O9S/c1-31-20(25)13-8-14(21(26)32-2)10-15(9-13)23-34(29,30)17-5-6-18(19(11-17)24(27)28)22-12-16-4-3-7-33-16/h5-6,8-11,16,22-23H,3-4,7,12H2,1-2H3/t16-/m1/s1. The van der Waals surface area contributed by atoms with Crippen LogP contribution in [-0.2, 0) is 24.2 Å². The molecule has 2 aromatic carbocycles. The number of benzene rings is 2. The Kier molecular flexibility index (Phi) is 7.68. The van der Waals surface area contributed by atoms with E-state index < -0.39 is 32.6 Å². The van der Waals surface area contributed by atoms with Crippen molar-refractivity contribution in [3.63, 3.8) is 0 Å². The van der Waals surface area contributed by atoms with Gasteiger partial charge in [-0.15, -0.1) is 0 Å². The van der Waals surface area contributed by atoms with E-state index in [0.717, 1.165) is 33.1 Å². The summed E-state index contributed by atoms with van der Waals surface area (Å²) in [6.45, 7) is 0.980. The second-order valence-electron chi connectivity index (χ2n) is 7.34. The summed E-state index contributed by atoms with van der Waals surface area (Å²) in [5.41, 5.74) is -0.600. The van der Waals surface area contributed by atoms with Crippen LogP contribution in [0.25, 0.3) is 0 Å². The molecule has 13 heteroatoms. The minimum Gasteiger partial charge on any atom is -0.465 e. The van der Waals surface area contributed by atoms with Gasteiger partial charge in [-0.25, -0.2) is 18.0 Å². The number of nitro benzene ring substituents is 1. The highest BCUT2D eigenvalue weighted by Gasteiger charge is 2.24. The number of hydrogen-bond donors (Lipinski definition) is 2. The van der Waals surface area contributed by atoms with Crippen molar-refractivity contribution in [1.82, 2.24) is 0 Å². The van der Waals surface area contributed by atoms with E-state index in [0.29, 0.717) is 13.2 Å². The molecule has 0 unspecified atom stereocenters. The molecule has 1 aliphatic rings. The van der Waals surface area contributed by atoms with Crippen molar-refractivity contribution in [1.29, 1.82) is 0 Å². The topological polar surface area (TPSA) is 163 Å². The first-order chi connectivity index (χ1) is 16.1. The zero-order valence-electron chi connectivity index (χ0n) is 18.4. The number of carbonyl (C=O) groups is 2.